The Morgan fingerprint density at radius 3 is 2.52 bits per heavy atom. The Balaban J connectivity index is 1.95. The second kappa shape index (κ2) is 7.13. The molecular formula is C20H17FN2O2. The molecule has 0 saturated heterocycles. The molecular weight excluding hydrogens is 319 g/mol. The first-order valence-electron chi connectivity index (χ1n) is 7.81. The number of carbonyl (C=O) groups excluding carboxylic acids is 1. The SMILES string of the molecule is Cc1ccc(C(NC(=O)c2ccc(O)cc2F)c2ccccn2)cc1. The van der Waals surface area contributed by atoms with Crippen LogP contribution in [0.3, 0.4) is 0 Å². The van der Waals surface area contributed by atoms with Crippen LogP contribution in [0, 0.1) is 12.7 Å². The van der Waals surface area contributed by atoms with Crippen LogP contribution >= 0.6 is 0 Å². The first kappa shape index (κ1) is 16.6. The molecule has 1 heterocycles. The average molecular weight is 336 g/mol. The molecule has 0 aliphatic rings. The van der Waals surface area contributed by atoms with Crippen molar-refractivity contribution >= 4 is 5.91 Å². The van der Waals surface area contributed by atoms with Gasteiger partial charge in [0, 0.05) is 12.3 Å². The van der Waals surface area contributed by atoms with Crippen molar-refractivity contribution in [2.75, 3.05) is 0 Å². The Hall–Kier alpha value is -3.21. The zero-order valence-corrected chi connectivity index (χ0v) is 13.6. The molecule has 0 saturated carbocycles. The summed E-state index contributed by atoms with van der Waals surface area (Å²) >= 11 is 0. The van der Waals surface area contributed by atoms with Crippen molar-refractivity contribution < 1.29 is 14.3 Å². The molecule has 2 N–H and O–H groups in total. The standard InChI is InChI=1S/C20H17FN2O2/c1-13-5-7-14(8-6-13)19(18-4-2-3-11-22-18)23-20(25)16-10-9-15(24)12-17(16)21/h2-12,19,24H,1H3,(H,23,25). The van der Waals surface area contributed by atoms with Gasteiger partial charge in [-0.1, -0.05) is 35.9 Å². The number of aromatic nitrogens is 1. The molecule has 3 rings (SSSR count). The van der Waals surface area contributed by atoms with Crippen LogP contribution in [0.2, 0.25) is 0 Å². The number of rotatable bonds is 4. The molecule has 0 spiro atoms. The molecule has 0 aliphatic heterocycles. The zero-order valence-electron chi connectivity index (χ0n) is 13.6. The van der Waals surface area contributed by atoms with Gasteiger partial charge in [-0.3, -0.25) is 9.78 Å². The second-order valence-corrected chi connectivity index (χ2v) is 5.74. The van der Waals surface area contributed by atoms with Crippen molar-refractivity contribution in [2.24, 2.45) is 0 Å². The summed E-state index contributed by atoms with van der Waals surface area (Å²) in [4.78, 5) is 16.9. The molecule has 1 unspecified atom stereocenters. The van der Waals surface area contributed by atoms with Gasteiger partial charge in [0.05, 0.1) is 17.3 Å². The van der Waals surface area contributed by atoms with E-state index in [2.05, 4.69) is 10.3 Å². The highest BCUT2D eigenvalue weighted by Crippen LogP contribution is 2.22. The summed E-state index contributed by atoms with van der Waals surface area (Å²) < 4.78 is 14.0. The fourth-order valence-electron chi connectivity index (χ4n) is 2.53. The third kappa shape index (κ3) is 3.83. The Kier molecular flexibility index (Phi) is 4.75. The number of carbonyl (C=O) groups is 1. The lowest BCUT2D eigenvalue weighted by atomic mass is 10.0. The van der Waals surface area contributed by atoms with Gasteiger partial charge in [-0.25, -0.2) is 4.39 Å². The van der Waals surface area contributed by atoms with Gasteiger partial charge in [0.15, 0.2) is 0 Å². The van der Waals surface area contributed by atoms with Crippen LogP contribution in [0.15, 0.2) is 66.9 Å². The number of halogens is 1. The largest absolute Gasteiger partial charge is 0.508 e. The highest BCUT2D eigenvalue weighted by molar-refractivity contribution is 5.95. The molecule has 4 nitrogen and oxygen atoms in total. The van der Waals surface area contributed by atoms with Crippen molar-refractivity contribution in [2.45, 2.75) is 13.0 Å². The van der Waals surface area contributed by atoms with E-state index in [9.17, 15) is 14.3 Å². The minimum Gasteiger partial charge on any atom is -0.508 e. The van der Waals surface area contributed by atoms with Crippen LogP contribution in [-0.2, 0) is 0 Å². The fourth-order valence-corrected chi connectivity index (χ4v) is 2.53. The van der Waals surface area contributed by atoms with Gasteiger partial charge < -0.3 is 10.4 Å². The van der Waals surface area contributed by atoms with Crippen molar-refractivity contribution in [3.05, 3.63) is 95.1 Å². The lowest BCUT2D eigenvalue weighted by Gasteiger charge is -2.19. The lowest BCUT2D eigenvalue weighted by molar-refractivity contribution is 0.0938. The number of hydrogen-bond donors (Lipinski definition) is 2. The summed E-state index contributed by atoms with van der Waals surface area (Å²) in [7, 11) is 0. The number of hydrogen-bond acceptors (Lipinski definition) is 3. The molecule has 0 bridgehead atoms. The highest BCUT2D eigenvalue weighted by atomic mass is 19.1. The predicted molar refractivity (Wildman–Crippen MR) is 92.8 cm³/mol. The lowest BCUT2D eigenvalue weighted by Crippen LogP contribution is -2.30. The molecule has 0 radical (unpaired) electrons. The number of pyridine rings is 1. The summed E-state index contributed by atoms with van der Waals surface area (Å²) in [6.45, 7) is 1.98. The van der Waals surface area contributed by atoms with Crippen LogP contribution in [0.1, 0.15) is 33.2 Å². The van der Waals surface area contributed by atoms with E-state index in [1.54, 1.807) is 18.3 Å². The van der Waals surface area contributed by atoms with E-state index in [1.807, 2.05) is 37.3 Å². The monoisotopic (exact) mass is 336 g/mol. The molecule has 5 heteroatoms. The van der Waals surface area contributed by atoms with Crippen molar-refractivity contribution in [1.82, 2.24) is 10.3 Å². The summed E-state index contributed by atoms with van der Waals surface area (Å²) in [6, 6.07) is 16.1. The minimum atomic E-state index is -0.777. The maximum Gasteiger partial charge on any atom is 0.255 e. The quantitative estimate of drug-likeness (QED) is 0.763. The van der Waals surface area contributed by atoms with Gasteiger partial charge in [0.2, 0.25) is 0 Å². The number of nitrogens with one attached hydrogen (secondary N) is 1. The van der Waals surface area contributed by atoms with Crippen LogP contribution in [0.25, 0.3) is 0 Å². The summed E-state index contributed by atoms with van der Waals surface area (Å²) in [5, 5.41) is 12.1. The van der Waals surface area contributed by atoms with Crippen molar-refractivity contribution in [3.63, 3.8) is 0 Å². The third-order valence-electron chi connectivity index (χ3n) is 3.87. The summed E-state index contributed by atoms with van der Waals surface area (Å²) in [5.41, 5.74) is 2.46. The molecule has 2 aromatic carbocycles. The fraction of sp³-hybridized carbons (Fsp3) is 0.100. The molecule has 0 fully saturated rings. The molecule has 126 valence electrons. The number of aromatic hydroxyl groups is 1. The van der Waals surface area contributed by atoms with Gasteiger partial charge in [0.25, 0.3) is 5.91 Å². The van der Waals surface area contributed by atoms with E-state index >= 15 is 0 Å². The van der Waals surface area contributed by atoms with E-state index < -0.39 is 17.8 Å². The number of phenolic OH excluding ortho intramolecular Hbond substituents is 1. The van der Waals surface area contributed by atoms with Crippen LogP contribution in [0.4, 0.5) is 4.39 Å². The maximum atomic E-state index is 14.0. The maximum absolute atomic E-state index is 14.0. The van der Waals surface area contributed by atoms with Gasteiger partial charge >= 0.3 is 0 Å². The van der Waals surface area contributed by atoms with Crippen molar-refractivity contribution in [1.29, 1.82) is 0 Å². The third-order valence-corrected chi connectivity index (χ3v) is 3.87. The van der Waals surface area contributed by atoms with E-state index in [4.69, 9.17) is 0 Å². The Bertz CT molecular complexity index is 880. The van der Waals surface area contributed by atoms with E-state index in [0.29, 0.717) is 5.69 Å². The second-order valence-electron chi connectivity index (χ2n) is 5.74. The number of amides is 1. The average Bonchev–Trinajstić information content (AvgIpc) is 2.61. The first-order valence-corrected chi connectivity index (χ1v) is 7.81. The predicted octanol–water partition coefficient (Wildman–Crippen LogP) is 3.75. The van der Waals surface area contributed by atoms with Crippen LogP contribution < -0.4 is 5.32 Å². The van der Waals surface area contributed by atoms with Crippen LogP contribution in [-0.4, -0.2) is 16.0 Å². The van der Waals surface area contributed by atoms with Gasteiger partial charge in [-0.05, 0) is 36.8 Å². The number of phenols is 1. The summed E-state index contributed by atoms with van der Waals surface area (Å²) in [6.07, 6.45) is 1.64. The van der Waals surface area contributed by atoms with Crippen molar-refractivity contribution in [3.8, 4) is 5.75 Å². The number of aryl methyl sites for hydroxylation is 1. The topological polar surface area (TPSA) is 62.2 Å². The molecule has 3 aromatic rings. The van der Waals surface area contributed by atoms with E-state index in [-0.39, 0.29) is 11.3 Å². The Labute approximate surface area is 145 Å². The number of nitrogens with zero attached hydrogens (tertiary/aromatic N) is 1. The molecule has 0 aliphatic carbocycles. The zero-order chi connectivity index (χ0) is 17.8. The molecule has 1 aromatic heterocycles. The smallest absolute Gasteiger partial charge is 0.255 e. The molecule has 1 amide bonds. The van der Waals surface area contributed by atoms with Crippen LogP contribution in [0.5, 0.6) is 5.75 Å². The van der Waals surface area contributed by atoms with Gasteiger partial charge in [0.1, 0.15) is 11.6 Å². The molecule has 1 atom stereocenters. The Morgan fingerprint density at radius 2 is 1.88 bits per heavy atom. The first-order chi connectivity index (χ1) is 12.0. The highest BCUT2D eigenvalue weighted by Gasteiger charge is 2.21. The molecule has 25 heavy (non-hydrogen) atoms. The normalized spacial score (nSPS) is 11.8. The van der Waals surface area contributed by atoms with E-state index in [1.165, 1.54) is 12.1 Å². The van der Waals surface area contributed by atoms with Gasteiger partial charge in [-0.2, -0.15) is 0 Å². The summed E-state index contributed by atoms with van der Waals surface area (Å²) in [5.74, 6) is -1.58. The van der Waals surface area contributed by atoms with Gasteiger partial charge in [-0.15, -0.1) is 0 Å². The Morgan fingerprint density at radius 1 is 1.12 bits per heavy atom. The van der Waals surface area contributed by atoms with E-state index in [0.717, 1.165) is 17.2 Å². The number of benzene rings is 2. The minimum absolute atomic E-state index is 0.133.